The maximum atomic E-state index is 13.0. The molecule has 0 radical (unpaired) electrons. The van der Waals surface area contributed by atoms with Crippen LogP contribution in [-0.4, -0.2) is 25.6 Å². The molecule has 1 aromatic rings. The molecule has 0 atom stereocenters. The molecule has 1 aliphatic heterocycles. The number of methoxy groups -OCH3 is 1. The van der Waals surface area contributed by atoms with Crippen LogP contribution in [0.15, 0.2) is 24.3 Å². The van der Waals surface area contributed by atoms with Gasteiger partial charge in [-0.05, 0) is 25.0 Å². The lowest BCUT2D eigenvalue weighted by Crippen LogP contribution is -2.61. The van der Waals surface area contributed by atoms with E-state index in [0.29, 0.717) is 18.0 Å². The van der Waals surface area contributed by atoms with E-state index in [2.05, 4.69) is 5.32 Å². The molecule has 1 heterocycles. The zero-order chi connectivity index (χ0) is 14.9. The van der Waals surface area contributed by atoms with Gasteiger partial charge in [0.05, 0.1) is 18.2 Å². The molecule has 0 aromatic heterocycles. The summed E-state index contributed by atoms with van der Waals surface area (Å²) in [6.45, 7) is 0.455. The Bertz CT molecular complexity index is 564. The number of benzene rings is 1. The summed E-state index contributed by atoms with van der Waals surface area (Å²) in [5.41, 5.74) is 0.0830. The third-order valence-corrected chi connectivity index (χ3v) is 4.57. The maximum Gasteiger partial charge on any atom is 0.328 e. The van der Waals surface area contributed by atoms with E-state index in [-0.39, 0.29) is 11.9 Å². The average molecular weight is 288 g/mol. The monoisotopic (exact) mass is 288 g/mol. The lowest BCUT2D eigenvalue weighted by atomic mass is 9.72. The van der Waals surface area contributed by atoms with Crippen molar-refractivity contribution in [3.63, 3.8) is 0 Å². The highest BCUT2D eigenvalue weighted by atomic mass is 16.5. The first-order valence-electron chi connectivity index (χ1n) is 7.43. The summed E-state index contributed by atoms with van der Waals surface area (Å²) >= 11 is 0. The van der Waals surface area contributed by atoms with Crippen LogP contribution in [0.3, 0.4) is 0 Å². The molecule has 3 amide bonds. The summed E-state index contributed by atoms with van der Waals surface area (Å²) in [7, 11) is 1.54. The smallest absolute Gasteiger partial charge is 0.328 e. The largest absolute Gasteiger partial charge is 0.495 e. The summed E-state index contributed by atoms with van der Waals surface area (Å²) in [4.78, 5) is 26.5. The Kier molecular flexibility index (Phi) is 3.57. The fourth-order valence-corrected chi connectivity index (χ4v) is 3.38. The van der Waals surface area contributed by atoms with Gasteiger partial charge in [-0.1, -0.05) is 31.4 Å². The third kappa shape index (κ3) is 2.26. The number of rotatable bonds is 2. The summed E-state index contributed by atoms with van der Waals surface area (Å²) in [5.74, 6) is 0.448. The zero-order valence-electron chi connectivity index (χ0n) is 12.2. The second-order valence-electron chi connectivity index (χ2n) is 5.81. The topological polar surface area (TPSA) is 58.6 Å². The minimum atomic E-state index is -0.437. The van der Waals surface area contributed by atoms with Gasteiger partial charge in [0.25, 0.3) is 0 Å². The number of carbonyl (C=O) groups is 2. The van der Waals surface area contributed by atoms with Crippen LogP contribution < -0.4 is 15.0 Å². The maximum absolute atomic E-state index is 13.0. The number of nitrogens with one attached hydrogen (secondary N) is 1. The summed E-state index contributed by atoms with van der Waals surface area (Å²) in [5, 5.41) is 2.88. The Morgan fingerprint density at radius 2 is 1.86 bits per heavy atom. The quantitative estimate of drug-likeness (QED) is 0.910. The van der Waals surface area contributed by atoms with Crippen LogP contribution in [0.25, 0.3) is 0 Å². The molecule has 112 valence electrons. The Morgan fingerprint density at radius 1 is 1.14 bits per heavy atom. The van der Waals surface area contributed by atoms with Gasteiger partial charge < -0.3 is 10.1 Å². The SMILES string of the molecule is COc1ccccc1N1C(=O)NCC2(CCCCC2)C1=O. The molecule has 0 unspecified atom stereocenters. The number of imide groups is 1. The van der Waals surface area contributed by atoms with Crippen LogP contribution in [-0.2, 0) is 4.79 Å². The molecule has 2 fully saturated rings. The van der Waals surface area contributed by atoms with Gasteiger partial charge in [0.2, 0.25) is 5.91 Å². The van der Waals surface area contributed by atoms with Crippen molar-refractivity contribution >= 4 is 17.6 Å². The van der Waals surface area contributed by atoms with Crippen molar-refractivity contribution in [3.05, 3.63) is 24.3 Å². The summed E-state index contributed by atoms with van der Waals surface area (Å²) < 4.78 is 5.30. The zero-order valence-corrected chi connectivity index (χ0v) is 12.2. The van der Waals surface area contributed by atoms with E-state index < -0.39 is 5.41 Å². The number of anilines is 1. The molecule has 1 N–H and O–H groups in total. The lowest BCUT2D eigenvalue weighted by Gasteiger charge is -2.43. The molecular formula is C16H20N2O3. The number of urea groups is 1. The van der Waals surface area contributed by atoms with Gasteiger partial charge in [-0.3, -0.25) is 4.79 Å². The highest BCUT2D eigenvalue weighted by molar-refractivity contribution is 6.18. The van der Waals surface area contributed by atoms with Crippen LogP contribution >= 0.6 is 0 Å². The van der Waals surface area contributed by atoms with Crippen molar-refractivity contribution in [2.45, 2.75) is 32.1 Å². The number of amides is 3. The van der Waals surface area contributed by atoms with Gasteiger partial charge in [-0.25, -0.2) is 9.69 Å². The molecule has 1 spiro atoms. The first-order valence-corrected chi connectivity index (χ1v) is 7.43. The van der Waals surface area contributed by atoms with Gasteiger partial charge in [0.15, 0.2) is 0 Å². The highest BCUT2D eigenvalue weighted by Gasteiger charge is 2.48. The normalized spacial score (nSPS) is 21.3. The fourth-order valence-electron chi connectivity index (χ4n) is 3.38. The molecular weight excluding hydrogens is 268 g/mol. The predicted octanol–water partition coefficient (Wildman–Crippen LogP) is 2.70. The molecule has 3 rings (SSSR count). The Morgan fingerprint density at radius 3 is 2.57 bits per heavy atom. The fraction of sp³-hybridized carbons (Fsp3) is 0.500. The third-order valence-electron chi connectivity index (χ3n) is 4.57. The second kappa shape index (κ2) is 5.39. The summed E-state index contributed by atoms with van der Waals surface area (Å²) in [6.07, 6.45) is 4.94. The predicted molar refractivity (Wildman–Crippen MR) is 79.4 cm³/mol. The van der Waals surface area contributed by atoms with Crippen LogP contribution in [0.2, 0.25) is 0 Å². The average Bonchev–Trinajstić information content (AvgIpc) is 2.53. The van der Waals surface area contributed by atoms with Crippen LogP contribution in [0.4, 0.5) is 10.5 Å². The van der Waals surface area contributed by atoms with E-state index in [9.17, 15) is 9.59 Å². The first-order chi connectivity index (χ1) is 10.2. The highest BCUT2D eigenvalue weighted by Crippen LogP contribution is 2.41. The molecule has 1 aliphatic carbocycles. The van der Waals surface area contributed by atoms with E-state index in [4.69, 9.17) is 4.74 Å². The minimum absolute atomic E-state index is 0.0875. The molecule has 5 nitrogen and oxygen atoms in total. The Balaban J connectivity index is 1.99. The second-order valence-corrected chi connectivity index (χ2v) is 5.81. The molecule has 5 heteroatoms. The van der Waals surface area contributed by atoms with Crippen molar-refractivity contribution in [2.24, 2.45) is 5.41 Å². The Labute approximate surface area is 124 Å². The van der Waals surface area contributed by atoms with Crippen molar-refractivity contribution in [1.29, 1.82) is 0 Å². The number of para-hydroxylation sites is 2. The summed E-state index contributed by atoms with van der Waals surface area (Å²) in [6, 6.07) is 6.78. The molecule has 1 saturated heterocycles. The van der Waals surface area contributed by atoms with Gasteiger partial charge in [0, 0.05) is 6.54 Å². The van der Waals surface area contributed by atoms with Crippen LogP contribution in [0.1, 0.15) is 32.1 Å². The van der Waals surface area contributed by atoms with E-state index in [0.717, 1.165) is 32.1 Å². The van der Waals surface area contributed by atoms with Gasteiger partial charge in [-0.2, -0.15) is 0 Å². The van der Waals surface area contributed by atoms with E-state index in [1.165, 1.54) is 4.90 Å². The minimum Gasteiger partial charge on any atom is -0.495 e. The lowest BCUT2D eigenvalue weighted by molar-refractivity contribution is -0.130. The first kappa shape index (κ1) is 13.9. The van der Waals surface area contributed by atoms with Gasteiger partial charge in [0.1, 0.15) is 5.75 Å². The molecule has 2 aliphatic rings. The van der Waals surface area contributed by atoms with Crippen molar-refractivity contribution in [2.75, 3.05) is 18.6 Å². The van der Waals surface area contributed by atoms with E-state index >= 15 is 0 Å². The van der Waals surface area contributed by atoms with E-state index in [1.807, 2.05) is 6.07 Å². The van der Waals surface area contributed by atoms with Crippen molar-refractivity contribution < 1.29 is 14.3 Å². The molecule has 0 bridgehead atoms. The number of hydrogen-bond acceptors (Lipinski definition) is 3. The number of ether oxygens (including phenoxy) is 1. The molecule has 1 aromatic carbocycles. The Hall–Kier alpha value is -2.04. The van der Waals surface area contributed by atoms with Gasteiger partial charge in [-0.15, -0.1) is 0 Å². The van der Waals surface area contributed by atoms with Crippen LogP contribution in [0.5, 0.6) is 5.75 Å². The van der Waals surface area contributed by atoms with Crippen LogP contribution in [0, 0.1) is 5.41 Å². The molecule has 1 saturated carbocycles. The van der Waals surface area contributed by atoms with E-state index in [1.54, 1.807) is 25.3 Å². The molecule has 21 heavy (non-hydrogen) atoms. The number of carbonyl (C=O) groups excluding carboxylic acids is 2. The number of nitrogens with zero attached hydrogens (tertiary/aromatic N) is 1. The standard InChI is InChI=1S/C16H20N2O3/c1-21-13-8-4-3-7-12(13)18-14(19)16(11-17-15(18)20)9-5-2-6-10-16/h3-4,7-8H,2,5-6,9-11H2,1H3,(H,17,20). The number of hydrogen-bond donors (Lipinski definition) is 1. The van der Waals surface area contributed by atoms with Crippen molar-refractivity contribution in [3.8, 4) is 5.75 Å². The van der Waals surface area contributed by atoms with Crippen molar-refractivity contribution in [1.82, 2.24) is 5.32 Å². The van der Waals surface area contributed by atoms with Gasteiger partial charge >= 0.3 is 6.03 Å².